The molecule has 1 aromatic heterocycles. The maximum atomic E-state index is 12.7. The number of rotatable bonds is 6. The smallest absolute Gasteiger partial charge is 0.272 e. The molecule has 0 saturated heterocycles. The van der Waals surface area contributed by atoms with Crippen LogP contribution in [0.3, 0.4) is 0 Å². The fraction of sp³-hybridized carbons (Fsp3) is 0.0435. The highest BCUT2D eigenvalue weighted by Crippen LogP contribution is 2.23. The number of carbonyl (C=O) groups is 2. The summed E-state index contributed by atoms with van der Waals surface area (Å²) in [5.41, 5.74) is 2.33. The van der Waals surface area contributed by atoms with Gasteiger partial charge >= 0.3 is 0 Å². The van der Waals surface area contributed by atoms with Crippen LogP contribution in [0.15, 0.2) is 84.9 Å². The Kier molecular flexibility index (Phi) is 5.25. The quantitative estimate of drug-likeness (QED) is 0.459. The van der Waals surface area contributed by atoms with Crippen molar-refractivity contribution in [1.29, 1.82) is 0 Å². The molecule has 2 amide bonds. The summed E-state index contributed by atoms with van der Waals surface area (Å²) in [6.45, 7) is -0.131. The monoisotopic (exact) mass is 385 g/mol. The number of amides is 2. The lowest BCUT2D eigenvalue weighted by Gasteiger charge is -2.12. The molecule has 4 aromatic rings. The summed E-state index contributed by atoms with van der Waals surface area (Å²) >= 11 is 0. The molecule has 29 heavy (non-hydrogen) atoms. The van der Waals surface area contributed by atoms with Gasteiger partial charge in [0.1, 0.15) is 11.4 Å². The number of aromatic nitrogens is 1. The number of nitrogens with one attached hydrogen (secondary N) is 3. The van der Waals surface area contributed by atoms with Gasteiger partial charge in [0, 0.05) is 10.9 Å². The van der Waals surface area contributed by atoms with Crippen LogP contribution in [0.2, 0.25) is 0 Å². The molecule has 6 heteroatoms. The molecule has 3 N–H and O–H groups in total. The number of para-hydroxylation sites is 4. The molecule has 4 rings (SSSR count). The van der Waals surface area contributed by atoms with E-state index in [9.17, 15) is 9.59 Å². The molecule has 0 aliphatic carbocycles. The van der Waals surface area contributed by atoms with Gasteiger partial charge in [0.15, 0.2) is 6.61 Å². The number of hydrogen-bond donors (Lipinski definition) is 3. The van der Waals surface area contributed by atoms with E-state index in [1.54, 1.807) is 42.5 Å². The van der Waals surface area contributed by atoms with E-state index in [1.807, 2.05) is 42.5 Å². The minimum Gasteiger partial charge on any atom is -0.484 e. The van der Waals surface area contributed by atoms with E-state index >= 15 is 0 Å². The van der Waals surface area contributed by atoms with Gasteiger partial charge in [-0.1, -0.05) is 48.5 Å². The standard InChI is InChI=1S/C23H19N3O3/c27-22(15-29-17-9-2-1-3-10-17)25-19-12-6-7-13-20(19)26-23(28)21-14-16-8-4-5-11-18(16)24-21/h1-14,24H,15H2,(H,25,27)(H,26,28). The van der Waals surface area contributed by atoms with Crippen LogP contribution in [0.1, 0.15) is 10.5 Å². The van der Waals surface area contributed by atoms with Gasteiger partial charge in [0.25, 0.3) is 11.8 Å². The van der Waals surface area contributed by atoms with Crippen molar-refractivity contribution in [3.05, 3.63) is 90.6 Å². The first kappa shape index (κ1) is 18.3. The fourth-order valence-corrected chi connectivity index (χ4v) is 2.94. The van der Waals surface area contributed by atoms with Crippen molar-refractivity contribution in [2.75, 3.05) is 17.2 Å². The maximum Gasteiger partial charge on any atom is 0.272 e. The van der Waals surface area contributed by atoms with Gasteiger partial charge in [-0.25, -0.2) is 0 Å². The molecule has 6 nitrogen and oxygen atoms in total. The number of aromatic amines is 1. The van der Waals surface area contributed by atoms with Crippen LogP contribution in [0.5, 0.6) is 5.75 Å². The number of ether oxygens (including phenoxy) is 1. The molecule has 0 aliphatic heterocycles. The van der Waals surface area contributed by atoms with Crippen LogP contribution in [-0.4, -0.2) is 23.4 Å². The van der Waals surface area contributed by atoms with E-state index in [4.69, 9.17) is 4.74 Å². The van der Waals surface area contributed by atoms with Crippen molar-refractivity contribution in [1.82, 2.24) is 4.98 Å². The SMILES string of the molecule is O=C(COc1ccccc1)Nc1ccccc1NC(=O)c1cc2ccccc2[nH]1. The zero-order chi connectivity index (χ0) is 20.1. The van der Waals surface area contributed by atoms with Crippen LogP contribution in [0.25, 0.3) is 10.9 Å². The predicted molar refractivity (Wildman–Crippen MR) is 113 cm³/mol. The van der Waals surface area contributed by atoms with Crippen molar-refractivity contribution in [3.8, 4) is 5.75 Å². The third-order valence-electron chi connectivity index (χ3n) is 4.34. The van der Waals surface area contributed by atoms with Gasteiger partial charge in [-0.05, 0) is 36.4 Å². The average Bonchev–Trinajstić information content (AvgIpc) is 3.19. The van der Waals surface area contributed by atoms with Gasteiger partial charge in [-0.3, -0.25) is 9.59 Å². The second kappa shape index (κ2) is 8.31. The normalized spacial score (nSPS) is 10.5. The Morgan fingerprint density at radius 1 is 0.793 bits per heavy atom. The Balaban J connectivity index is 1.43. The molecule has 144 valence electrons. The van der Waals surface area contributed by atoms with E-state index in [0.29, 0.717) is 22.8 Å². The minimum absolute atomic E-state index is 0.131. The number of hydrogen-bond acceptors (Lipinski definition) is 3. The number of H-pyrrole nitrogens is 1. The lowest BCUT2D eigenvalue weighted by molar-refractivity contribution is -0.118. The van der Waals surface area contributed by atoms with Gasteiger partial charge in [-0.15, -0.1) is 0 Å². The highest BCUT2D eigenvalue weighted by molar-refractivity contribution is 6.08. The van der Waals surface area contributed by atoms with Gasteiger partial charge in [0.2, 0.25) is 0 Å². The Hall–Kier alpha value is -4.06. The van der Waals surface area contributed by atoms with Crippen molar-refractivity contribution >= 4 is 34.1 Å². The van der Waals surface area contributed by atoms with Crippen molar-refractivity contribution in [2.45, 2.75) is 0 Å². The molecule has 1 heterocycles. The Morgan fingerprint density at radius 2 is 1.45 bits per heavy atom. The molecule has 0 aliphatic rings. The molecule has 0 fully saturated rings. The third kappa shape index (κ3) is 4.44. The first-order valence-corrected chi connectivity index (χ1v) is 9.15. The van der Waals surface area contributed by atoms with Gasteiger partial charge < -0.3 is 20.4 Å². The van der Waals surface area contributed by atoms with Gasteiger partial charge in [0.05, 0.1) is 11.4 Å². The zero-order valence-corrected chi connectivity index (χ0v) is 15.5. The summed E-state index contributed by atoms with van der Waals surface area (Å²) in [4.78, 5) is 28.0. The first-order valence-electron chi connectivity index (χ1n) is 9.15. The number of carbonyl (C=O) groups excluding carboxylic acids is 2. The molecular weight excluding hydrogens is 366 g/mol. The summed E-state index contributed by atoms with van der Waals surface area (Å²) in [5.74, 6) is 0.00708. The minimum atomic E-state index is -0.318. The lowest BCUT2D eigenvalue weighted by Crippen LogP contribution is -2.21. The van der Waals surface area contributed by atoms with Crippen LogP contribution in [0, 0.1) is 0 Å². The van der Waals surface area contributed by atoms with Crippen molar-refractivity contribution < 1.29 is 14.3 Å². The molecular formula is C23H19N3O3. The largest absolute Gasteiger partial charge is 0.484 e. The maximum absolute atomic E-state index is 12.7. The fourth-order valence-electron chi connectivity index (χ4n) is 2.94. The Labute approximate surface area is 167 Å². The molecule has 3 aromatic carbocycles. The first-order chi connectivity index (χ1) is 14.2. The van der Waals surface area contributed by atoms with Crippen molar-refractivity contribution in [3.63, 3.8) is 0 Å². The molecule has 0 radical (unpaired) electrons. The van der Waals surface area contributed by atoms with Crippen LogP contribution in [-0.2, 0) is 4.79 Å². The number of anilines is 2. The zero-order valence-electron chi connectivity index (χ0n) is 15.5. The van der Waals surface area contributed by atoms with E-state index in [-0.39, 0.29) is 18.4 Å². The summed E-state index contributed by atoms with van der Waals surface area (Å²) < 4.78 is 5.46. The lowest BCUT2D eigenvalue weighted by atomic mass is 10.2. The van der Waals surface area contributed by atoms with Crippen LogP contribution < -0.4 is 15.4 Å². The molecule has 0 saturated carbocycles. The summed E-state index contributed by atoms with van der Waals surface area (Å²) in [5, 5.41) is 6.57. The topological polar surface area (TPSA) is 83.2 Å². The number of benzene rings is 3. The highest BCUT2D eigenvalue weighted by atomic mass is 16.5. The van der Waals surface area contributed by atoms with E-state index in [1.165, 1.54) is 0 Å². The van der Waals surface area contributed by atoms with E-state index < -0.39 is 0 Å². The summed E-state index contributed by atoms with van der Waals surface area (Å²) in [6.07, 6.45) is 0. The molecule has 0 atom stereocenters. The molecule has 0 unspecified atom stereocenters. The average molecular weight is 385 g/mol. The Morgan fingerprint density at radius 3 is 2.21 bits per heavy atom. The second-order valence-electron chi connectivity index (χ2n) is 6.42. The summed E-state index contributed by atoms with van der Waals surface area (Å²) in [6, 6.07) is 25.6. The highest BCUT2D eigenvalue weighted by Gasteiger charge is 2.13. The number of fused-ring (bicyclic) bond motifs is 1. The Bertz CT molecular complexity index is 1120. The second-order valence-corrected chi connectivity index (χ2v) is 6.42. The van der Waals surface area contributed by atoms with Crippen LogP contribution >= 0.6 is 0 Å². The predicted octanol–water partition coefficient (Wildman–Crippen LogP) is 4.44. The van der Waals surface area contributed by atoms with Crippen LogP contribution in [0.4, 0.5) is 11.4 Å². The van der Waals surface area contributed by atoms with Crippen molar-refractivity contribution in [2.24, 2.45) is 0 Å². The third-order valence-corrected chi connectivity index (χ3v) is 4.34. The summed E-state index contributed by atoms with van der Waals surface area (Å²) in [7, 11) is 0. The molecule has 0 bridgehead atoms. The molecule has 0 spiro atoms. The van der Waals surface area contributed by atoms with E-state index in [0.717, 1.165) is 10.9 Å². The van der Waals surface area contributed by atoms with Gasteiger partial charge in [-0.2, -0.15) is 0 Å². The van der Waals surface area contributed by atoms with E-state index in [2.05, 4.69) is 15.6 Å².